The zero-order valence-corrected chi connectivity index (χ0v) is 12.5. The van der Waals surface area contributed by atoms with Crippen molar-refractivity contribution in [2.75, 3.05) is 39.8 Å². The normalized spacial score (nSPS) is 32.5. The smallest absolute Gasteiger partial charge is 0.240 e. The molecule has 0 saturated carbocycles. The topological polar surface area (TPSA) is 47.6 Å². The standard InChI is InChI=1S/C14H28N4O/c1-4-18-7-5-6-12(18)10-17(3)14(19)13-9-15-11(2)8-16-13/h11-13,15-16H,4-10H2,1-3H3. The number of rotatable bonds is 4. The van der Waals surface area contributed by atoms with Crippen LogP contribution >= 0.6 is 0 Å². The van der Waals surface area contributed by atoms with Gasteiger partial charge in [-0.2, -0.15) is 0 Å². The third-order valence-corrected chi connectivity index (χ3v) is 4.41. The molecule has 110 valence electrons. The van der Waals surface area contributed by atoms with Crippen LogP contribution in [0.25, 0.3) is 0 Å². The van der Waals surface area contributed by atoms with Gasteiger partial charge in [0.15, 0.2) is 0 Å². The van der Waals surface area contributed by atoms with Crippen LogP contribution in [0.15, 0.2) is 0 Å². The van der Waals surface area contributed by atoms with Crippen LogP contribution in [0.1, 0.15) is 26.7 Å². The van der Waals surface area contributed by atoms with Crippen LogP contribution in [-0.4, -0.2) is 73.6 Å². The Morgan fingerprint density at radius 2 is 2.16 bits per heavy atom. The van der Waals surface area contributed by atoms with Crippen molar-refractivity contribution in [3.63, 3.8) is 0 Å². The minimum Gasteiger partial charge on any atom is -0.343 e. The fraction of sp³-hybridized carbons (Fsp3) is 0.929. The van der Waals surface area contributed by atoms with Crippen molar-refractivity contribution in [3.8, 4) is 0 Å². The summed E-state index contributed by atoms with van der Waals surface area (Å²) in [5, 5.41) is 6.69. The summed E-state index contributed by atoms with van der Waals surface area (Å²) < 4.78 is 0. The van der Waals surface area contributed by atoms with Crippen LogP contribution in [0.5, 0.6) is 0 Å². The van der Waals surface area contributed by atoms with Crippen LogP contribution in [0, 0.1) is 0 Å². The van der Waals surface area contributed by atoms with Crippen molar-refractivity contribution in [3.05, 3.63) is 0 Å². The molecule has 0 spiro atoms. The van der Waals surface area contributed by atoms with Gasteiger partial charge in [-0.1, -0.05) is 6.92 Å². The van der Waals surface area contributed by atoms with E-state index in [2.05, 4.69) is 29.4 Å². The Bertz CT molecular complexity index is 302. The molecule has 5 nitrogen and oxygen atoms in total. The zero-order valence-electron chi connectivity index (χ0n) is 12.5. The number of amides is 1. The Kier molecular flexibility index (Phi) is 5.19. The van der Waals surface area contributed by atoms with E-state index in [1.807, 2.05) is 11.9 Å². The second kappa shape index (κ2) is 6.68. The van der Waals surface area contributed by atoms with Crippen LogP contribution in [0.2, 0.25) is 0 Å². The Hall–Kier alpha value is -0.650. The van der Waals surface area contributed by atoms with Crippen molar-refractivity contribution in [2.45, 2.75) is 44.8 Å². The van der Waals surface area contributed by atoms with E-state index < -0.39 is 0 Å². The highest BCUT2D eigenvalue weighted by molar-refractivity contribution is 5.82. The fourth-order valence-corrected chi connectivity index (χ4v) is 3.15. The summed E-state index contributed by atoms with van der Waals surface area (Å²) >= 11 is 0. The quantitative estimate of drug-likeness (QED) is 0.746. The van der Waals surface area contributed by atoms with Crippen LogP contribution < -0.4 is 10.6 Å². The first-order valence-corrected chi connectivity index (χ1v) is 7.57. The SMILES string of the molecule is CCN1CCCC1CN(C)C(=O)C1CNC(C)CN1. The molecule has 2 rings (SSSR count). The van der Waals surface area contributed by atoms with E-state index in [-0.39, 0.29) is 11.9 Å². The molecule has 3 atom stereocenters. The van der Waals surface area contributed by atoms with Crippen LogP contribution in [-0.2, 0) is 4.79 Å². The minimum absolute atomic E-state index is 0.0577. The highest BCUT2D eigenvalue weighted by Gasteiger charge is 2.29. The highest BCUT2D eigenvalue weighted by Crippen LogP contribution is 2.17. The highest BCUT2D eigenvalue weighted by atomic mass is 16.2. The first kappa shape index (κ1) is 14.8. The minimum atomic E-state index is -0.0577. The van der Waals surface area contributed by atoms with Gasteiger partial charge in [0.25, 0.3) is 0 Å². The van der Waals surface area contributed by atoms with E-state index >= 15 is 0 Å². The Morgan fingerprint density at radius 1 is 1.37 bits per heavy atom. The maximum Gasteiger partial charge on any atom is 0.240 e. The van der Waals surface area contributed by atoms with Crippen molar-refractivity contribution in [1.29, 1.82) is 0 Å². The molecular weight excluding hydrogens is 240 g/mol. The zero-order chi connectivity index (χ0) is 13.8. The maximum atomic E-state index is 12.4. The van der Waals surface area contributed by atoms with E-state index in [9.17, 15) is 4.79 Å². The summed E-state index contributed by atoms with van der Waals surface area (Å²) in [5.41, 5.74) is 0. The monoisotopic (exact) mass is 268 g/mol. The second-order valence-corrected chi connectivity index (χ2v) is 5.91. The molecule has 0 aromatic heterocycles. The summed E-state index contributed by atoms with van der Waals surface area (Å²) in [4.78, 5) is 16.8. The molecule has 0 aromatic rings. The van der Waals surface area contributed by atoms with Gasteiger partial charge in [0.05, 0.1) is 6.04 Å². The number of likely N-dealkylation sites (tertiary alicyclic amines) is 1. The summed E-state index contributed by atoms with van der Waals surface area (Å²) in [6.45, 7) is 9.09. The van der Waals surface area contributed by atoms with Crippen molar-refractivity contribution >= 4 is 5.91 Å². The molecule has 2 fully saturated rings. The van der Waals surface area contributed by atoms with E-state index in [4.69, 9.17) is 0 Å². The van der Waals surface area contributed by atoms with Crippen molar-refractivity contribution in [1.82, 2.24) is 20.4 Å². The second-order valence-electron chi connectivity index (χ2n) is 5.91. The van der Waals surface area contributed by atoms with E-state index in [0.717, 1.165) is 26.2 Å². The van der Waals surface area contributed by atoms with Gasteiger partial charge in [-0.3, -0.25) is 9.69 Å². The fourth-order valence-electron chi connectivity index (χ4n) is 3.15. The maximum absolute atomic E-state index is 12.4. The molecular formula is C14H28N4O. The number of carbonyl (C=O) groups excluding carboxylic acids is 1. The molecule has 0 radical (unpaired) electrons. The lowest BCUT2D eigenvalue weighted by atomic mass is 10.1. The van der Waals surface area contributed by atoms with Crippen molar-refractivity contribution in [2.24, 2.45) is 0 Å². The number of hydrogen-bond acceptors (Lipinski definition) is 4. The van der Waals surface area contributed by atoms with Gasteiger partial charge in [0.2, 0.25) is 5.91 Å². The largest absolute Gasteiger partial charge is 0.343 e. The van der Waals surface area contributed by atoms with Crippen LogP contribution in [0.4, 0.5) is 0 Å². The van der Waals surface area contributed by atoms with Gasteiger partial charge < -0.3 is 15.5 Å². The number of likely N-dealkylation sites (N-methyl/N-ethyl adjacent to an activating group) is 2. The van der Waals surface area contributed by atoms with Crippen molar-refractivity contribution < 1.29 is 4.79 Å². The first-order chi connectivity index (χ1) is 9.11. The Labute approximate surface area is 116 Å². The predicted octanol–water partition coefficient (Wildman–Crippen LogP) is -0.121. The van der Waals surface area contributed by atoms with E-state index in [1.54, 1.807) is 0 Å². The van der Waals surface area contributed by atoms with E-state index in [0.29, 0.717) is 12.1 Å². The lowest BCUT2D eigenvalue weighted by molar-refractivity contribution is -0.133. The lowest BCUT2D eigenvalue weighted by Crippen LogP contribution is -2.59. The molecule has 5 heteroatoms. The van der Waals surface area contributed by atoms with Gasteiger partial charge in [0.1, 0.15) is 0 Å². The summed E-state index contributed by atoms with van der Waals surface area (Å²) in [6.07, 6.45) is 2.49. The molecule has 0 aromatic carbocycles. The number of nitrogens with zero attached hydrogens (tertiary/aromatic N) is 2. The molecule has 2 heterocycles. The van der Waals surface area contributed by atoms with Crippen LogP contribution in [0.3, 0.4) is 0 Å². The molecule has 2 aliphatic rings. The average molecular weight is 268 g/mol. The first-order valence-electron chi connectivity index (χ1n) is 7.57. The van der Waals surface area contributed by atoms with E-state index in [1.165, 1.54) is 19.4 Å². The Morgan fingerprint density at radius 3 is 2.79 bits per heavy atom. The molecule has 19 heavy (non-hydrogen) atoms. The molecule has 0 bridgehead atoms. The lowest BCUT2D eigenvalue weighted by Gasteiger charge is -2.33. The third kappa shape index (κ3) is 3.68. The molecule has 1 amide bonds. The van der Waals surface area contributed by atoms with Gasteiger partial charge in [-0.05, 0) is 32.9 Å². The number of carbonyl (C=O) groups is 1. The summed E-state index contributed by atoms with van der Waals surface area (Å²) in [6, 6.07) is 0.951. The number of hydrogen-bond donors (Lipinski definition) is 2. The molecule has 3 unspecified atom stereocenters. The molecule has 2 N–H and O–H groups in total. The molecule has 0 aliphatic carbocycles. The Balaban J connectivity index is 1.82. The third-order valence-electron chi connectivity index (χ3n) is 4.41. The predicted molar refractivity (Wildman–Crippen MR) is 77.2 cm³/mol. The van der Waals surface area contributed by atoms with Gasteiger partial charge >= 0.3 is 0 Å². The van der Waals surface area contributed by atoms with Gasteiger partial charge in [-0.25, -0.2) is 0 Å². The average Bonchev–Trinajstić information content (AvgIpc) is 2.86. The van der Waals surface area contributed by atoms with Gasteiger partial charge in [0, 0.05) is 38.8 Å². The molecule has 2 saturated heterocycles. The summed E-state index contributed by atoms with van der Waals surface area (Å²) in [7, 11) is 1.94. The number of piperazine rings is 1. The van der Waals surface area contributed by atoms with Gasteiger partial charge in [-0.15, -0.1) is 0 Å². The number of nitrogens with one attached hydrogen (secondary N) is 2. The summed E-state index contributed by atoms with van der Waals surface area (Å²) in [5.74, 6) is 0.224. The molecule has 2 aliphatic heterocycles.